The molecule has 1 aromatic heterocycles. The van der Waals surface area contributed by atoms with Gasteiger partial charge in [0.05, 0.1) is 16.9 Å². The molecule has 0 spiro atoms. The van der Waals surface area contributed by atoms with E-state index in [-0.39, 0.29) is 11.4 Å². The van der Waals surface area contributed by atoms with Crippen molar-refractivity contribution in [2.75, 3.05) is 5.73 Å². The van der Waals surface area contributed by atoms with Crippen LogP contribution in [0.15, 0.2) is 85.1 Å². The highest BCUT2D eigenvalue weighted by molar-refractivity contribution is 6.50. The van der Waals surface area contributed by atoms with Crippen molar-refractivity contribution in [3.8, 4) is 0 Å². The summed E-state index contributed by atoms with van der Waals surface area (Å²) in [7, 11) is 0. The van der Waals surface area contributed by atoms with E-state index < -0.39 is 0 Å². The zero-order valence-corrected chi connectivity index (χ0v) is 13.1. The summed E-state index contributed by atoms with van der Waals surface area (Å²) in [5.41, 5.74) is 8.72. The first-order valence-corrected chi connectivity index (χ1v) is 7.59. The molecule has 4 rings (SSSR count). The third kappa shape index (κ3) is 3.33. The maximum absolute atomic E-state index is 7.67. The number of para-hydroxylation sites is 2. The van der Waals surface area contributed by atoms with E-state index in [2.05, 4.69) is 6.07 Å². The van der Waals surface area contributed by atoms with E-state index in [1.54, 1.807) is 12.2 Å². The second kappa shape index (κ2) is 6.79. The minimum absolute atomic E-state index is 0.250. The molecule has 0 atom stereocenters. The molecule has 4 N–H and O–H groups in total. The number of benzene rings is 2. The topological polar surface area (TPSA) is 78.7 Å². The highest BCUT2D eigenvalue weighted by Gasteiger charge is 2.09. The van der Waals surface area contributed by atoms with E-state index in [4.69, 9.17) is 16.6 Å². The van der Waals surface area contributed by atoms with Gasteiger partial charge in [0.25, 0.3) is 0 Å². The first-order chi connectivity index (χ1) is 11.6. The predicted molar refractivity (Wildman–Crippen MR) is 102 cm³/mol. The fraction of sp³-hybridized carbons (Fsp3) is 0. The van der Waals surface area contributed by atoms with Crippen molar-refractivity contribution in [1.29, 1.82) is 10.8 Å². The van der Waals surface area contributed by atoms with Crippen LogP contribution in [0.2, 0.25) is 0 Å². The molecule has 0 fully saturated rings. The Kier molecular flexibility index (Phi) is 4.38. The Hall–Kier alpha value is -3.40. The molecule has 118 valence electrons. The zero-order chi connectivity index (χ0) is 16.9. The molecule has 4 heteroatoms. The van der Waals surface area contributed by atoms with Gasteiger partial charge in [0.1, 0.15) is 0 Å². The van der Waals surface area contributed by atoms with Crippen LogP contribution < -0.4 is 5.73 Å². The van der Waals surface area contributed by atoms with E-state index in [1.165, 1.54) is 5.39 Å². The van der Waals surface area contributed by atoms with E-state index in [0.29, 0.717) is 0 Å². The van der Waals surface area contributed by atoms with Gasteiger partial charge in [-0.2, -0.15) is 0 Å². The number of rotatable bonds is 1. The summed E-state index contributed by atoms with van der Waals surface area (Å²) in [6, 6.07) is 19.7. The van der Waals surface area contributed by atoms with Crippen molar-refractivity contribution in [3.05, 3.63) is 85.1 Å². The number of fused-ring (bicyclic) bond motifs is 1. The van der Waals surface area contributed by atoms with Crippen LogP contribution in [0.3, 0.4) is 0 Å². The average Bonchev–Trinajstić information content (AvgIpc) is 3.03. The molecular formula is C20H18N4. The summed E-state index contributed by atoms with van der Waals surface area (Å²) in [5, 5.41) is 16.4. The van der Waals surface area contributed by atoms with Crippen molar-refractivity contribution >= 4 is 33.7 Å². The van der Waals surface area contributed by atoms with Crippen LogP contribution in [-0.2, 0) is 0 Å². The van der Waals surface area contributed by atoms with Crippen molar-refractivity contribution in [2.45, 2.75) is 0 Å². The van der Waals surface area contributed by atoms with Gasteiger partial charge >= 0.3 is 0 Å². The van der Waals surface area contributed by atoms with Crippen LogP contribution in [0.25, 0.3) is 16.6 Å². The number of hydrogen-bond acceptors (Lipinski definition) is 3. The number of hydrogen-bond donors (Lipinski definition) is 3. The predicted octanol–water partition coefficient (Wildman–Crippen LogP) is 4.36. The van der Waals surface area contributed by atoms with Crippen molar-refractivity contribution in [2.24, 2.45) is 0 Å². The quantitative estimate of drug-likeness (QED) is 0.453. The number of nitrogens with one attached hydrogen (secondary N) is 2. The average molecular weight is 314 g/mol. The Morgan fingerprint density at radius 1 is 0.750 bits per heavy atom. The Morgan fingerprint density at radius 3 is 2.12 bits per heavy atom. The van der Waals surface area contributed by atoms with Crippen molar-refractivity contribution in [1.82, 2.24) is 4.57 Å². The van der Waals surface area contributed by atoms with Gasteiger partial charge in [-0.25, -0.2) is 0 Å². The van der Waals surface area contributed by atoms with Gasteiger partial charge in [-0.05, 0) is 47.9 Å². The number of nitrogens with zero attached hydrogens (tertiary/aromatic N) is 1. The van der Waals surface area contributed by atoms with Crippen LogP contribution in [0.1, 0.15) is 0 Å². The fourth-order valence-electron chi connectivity index (χ4n) is 2.44. The van der Waals surface area contributed by atoms with Crippen LogP contribution in [0.5, 0.6) is 0 Å². The molecule has 0 amide bonds. The molecule has 0 bridgehead atoms. The van der Waals surface area contributed by atoms with Gasteiger partial charge < -0.3 is 10.3 Å². The van der Waals surface area contributed by atoms with Crippen LogP contribution >= 0.6 is 0 Å². The van der Waals surface area contributed by atoms with Gasteiger partial charge in [0, 0.05) is 17.6 Å². The van der Waals surface area contributed by atoms with Crippen LogP contribution in [0, 0.1) is 10.8 Å². The molecular weight excluding hydrogens is 296 g/mol. The van der Waals surface area contributed by atoms with Crippen LogP contribution in [-0.4, -0.2) is 16.0 Å². The molecule has 24 heavy (non-hydrogen) atoms. The second-order valence-electron chi connectivity index (χ2n) is 5.39. The number of nitrogen functional groups attached to an aromatic ring is 1. The number of nitrogens with two attached hydrogens (primary N) is 1. The molecule has 1 aliphatic carbocycles. The zero-order valence-electron chi connectivity index (χ0n) is 13.1. The Morgan fingerprint density at radius 2 is 1.46 bits per heavy atom. The first-order valence-electron chi connectivity index (χ1n) is 7.59. The largest absolute Gasteiger partial charge is 0.399 e. The fourth-order valence-corrected chi connectivity index (χ4v) is 2.44. The first kappa shape index (κ1) is 15.5. The lowest BCUT2D eigenvalue weighted by atomic mass is 10.1. The van der Waals surface area contributed by atoms with Gasteiger partial charge in [-0.15, -0.1) is 0 Å². The minimum Gasteiger partial charge on any atom is -0.399 e. The molecule has 0 unspecified atom stereocenters. The Labute approximate surface area is 140 Å². The van der Waals surface area contributed by atoms with Gasteiger partial charge in [0.15, 0.2) is 0 Å². The lowest BCUT2D eigenvalue weighted by Gasteiger charge is -2.11. The van der Waals surface area contributed by atoms with E-state index in [0.717, 1.165) is 16.9 Å². The number of anilines is 1. The molecule has 2 aromatic carbocycles. The van der Waals surface area contributed by atoms with Gasteiger partial charge in [0.2, 0.25) is 0 Å². The van der Waals surface area contributed by atoms with Gasteiger partial charge in [-0.3, -0.25) is 10.8 Å². The van der Waals surface area contributed by atoms with E-state index >= 15 is 0 Å². The third-order valence-electron chi connectivity index (χ3n) is 3.68. The minimum atomic E-state index is 0.250. The third-order valence-corrected chi connectivity index (χ3v) is 3.68. The second-order valence-corrected chi connectivity index (χ2v) is 5.39. The standard InChI is InChI=1S/C14H11N3.C6H7N/c15-12-6-5-11(9-13(12)16)17-8-7-10-3-1-2-4-14(10)17;7-6-4-2-1-3-5-6/h1-9,15-16H;1-5H,7H2. The lowest BCUT2D eigenvalue weighted by molar-refractivity contribution is 1.18. The maximum Gasteiger partial charge on any atom is 0.0810 e. The molecule has 3 aromatic rings. The van der Waals surface area contributed by atoms with E-state index in [9.17, 15) is 0 Å². The maximum atomic E-state index is 7.67. The summed E-state index contributed by atoms with van der Waals surface area (Å²) >= 11 is 0. The molecule has 0 aliphatic heterocycles. The molecule has 1 heterocycles. The summed E-state index contributed by atoms with van der Waals surface area (Å²) in [6.07, 6.45) is 7.23. The summed E-state index contributed by atoms with van der Waals surface area (Å²) in [6.45, 7) is 0. The highest BCUT2D eigenvalue weighted by atomic mass is 15.0. The normalized spacial score (nSPS) is 13.4. The summed E-state index contributed by atoms with van der Waals surface area (Å²) in [4.78, 5) is 0. The monoisotopic (exact) mass is 314 g/mol. The molecule has 0 radical (unpaired) electrons. The van der Waals surface area contributed by atoms with Crippen LogP contribution in [0.4, 0.5) is 5.69 Å². The van der Waals surface area contributed by atoms with Crippen molar-refractivity contribution in [3.63, 3.8) is 0 Å². The molecule has 1 aliphatic rings. The number of allylic oxidation sites excluding steroid dienone is 4. The smallest absolute Gasteiger partial charge is 0.0810 e. The molecule has 0 saturated heterocycles. The highest BCUT2D eigenvalue weighted by Crippen LogP contribution is 2.21. The van der Waals surface area contributed by atoms with E-state index in [1.807, 2.05) is 71.4 Å². The van der Waals surface area contributed by atoms with Crippen molar-refractivity contribution < 1.29 is 0 Å². The lowest BCUT2D eigenvalue weighted by Crippen LogP contribution is -2.11. The number of aromatic nitrogens is 1. The molecule has 0 saturated carbocycles. The Bertz CT molecular complexity index is 946. The summed E-state index contributed by atoms with van der Waals surface area (Å²) < 4.78 is 2.03. The molecule has 4 nitrogen and oxygen atoms in total. The summed E-state index contributed by atoms with van der Waals surface area (Å²) in [5.74, 6) is 0. The SMILES string of the molecule is N=C1C=CC(n2ccc3ccccc32)=CC1=N.Nc1ccccc1. The van der Waals surface area contributed by atoms with Gasteiger partial charge in [-0.1, -0.05) is 36.4 Å². The Balaban J connectivity index is 0.000000203.